The lowest BCUT2D eigenvalue weighted by atomic mass is 9.53. The van der Waals surface area contributed by atoms with Gasteiger partial charge in [0.05, 0.1) is 0 Å². The minimum absolute atomic E-state index is 0.0127. The van der Waals surface area contributed by atoms with Crippen LogP contribution in [0.5, 0.6) is 11.5 Å². The normalized spacial score (nSPS) is 29.9. The monoisotopic (exact) mass is 388 g/mol. The predicted molar refractivity (Wildman–Crippen MR) is 111 cm³/mol. The maximum Gasteiger partial charge on any atom is 0.493 e. The third kappa shape index (κ3) is 2.64. The fourth-order valence-corrected chi connectivity index (χ4v) is 7.67. The minimum atomic E-state index is -1.82. The maximum atomic E-state index is 10.3. The summed E-state index contributed by atoms with van der Waals surface area (Å²) in [6.07, 6.45) is 5.80. The number of phenols is 2. The first-order chi connectivity index (χ1) is 12.6. The molecule has 0 bridgehead atoms. The van der Waals surface area contributed by atoms with Crippen LogP contribution < -0.4 is 5.46 Å². The van der Waals surface area contributed by atoms with Gasteiger partial charge in [0, 0.05) is 20.4 Å². The Labute approximate surface area is 165 Å². The Balaban J connectivity index is 2.08. The molecule has 0 aliphatic heterocycles. The smallest absolute Gasteiger partial charge is 0.493 e. The van der Waals surface area contributed by atoms with Gasteiger partial charge >= 0.3 is 7.12 Å². The molecule has 4 rings (SSSR count). The van der Waals surface area contributed by atoms with Crippen molar-refractivity contribution in [2.75, 3.05) is 0 Å². The summed E-state index contributed by atoms with van der Waals surface area (Å²) in [5.41, 5.74) is 1.54. The average molecular weight is 388 g/mol. The Kier molecular flexibility index (Phi) is 4.34. The molecule has 0 radical (unpaired) electrons. The van der Waals surface area contributed by atoms with E-state index in [4.69, 9.17) is 0 Å². The largest absolute Gasteiger partial charge is 0.504 e. The number of hydrogen-bond donors (Lipinski definition) is 4. The van der Waals surface area contributed by atoms with Crippen molar-refractivity contribution in [3.8, 4) is 11.5 Å². The summed E-state index contributed by atoms with van der Waals surface area (Å²) >= 11 is 1.56. The molecule has 1 unspecified atom stereocenters. The highest BCUT2D eigenvalue weighted by Crippen LogP contribution is 2.60. The van der Waals surface area contributed by atoms with Crippen molar-refractivity contribution in [1.29, 1.82) is 0 Å². The summed E-state index contributed by atoms with van der Waals surface area (Å²) in [5, 5.41) is 41.2. The van der Waals surface area contributed by atoms with E-state index in [0.717, 1.165) is 18.2 Å². The second kappa shape index (κ2) is 6.13. The van der Waals surface area contributed by atoms with Gasteiger partial charge in [0.15, 0.2) is 11.5 Å². The van der Waals surface area contributed by atoms with Crippen molar-refractivity contribution in [1.82, 2.24) is 0 Å². The van der Waals surface area contributed by atoms with E-state index >= 15 is 0 Å². The molecular formula is C21H29BO4S. The van der Waals surface area contributed by atoms with Gasteiger partial charge < -0.3 is 20.3 Å². The Morgan fingerprint density at radius 3 is 2.48 bits per heavy atom. The van der Waals surface area contributed by atoms with Crippen LogP contribution in [-0.4, -0.2) is 27.4 Å². The fourth-order valence-electron chi connectivity index (χ4n) is 6.10. The molecule has 3 atom stereocenters. The third-order valence-corrected chi connectivity index (χ3v) is 8.86. The lowest BCUT2D eigenvalue weighted by molar-refractivity contribution is 0.0505. The molecule has 1 aromatic carbocycles. The molecule has 146 valence electrons. The highest BCUT2D eigenvalue weighted by molar-refractivity contribution is 7.21. The molecular weight excluding hydrogens is 359 g/mol. The summed E-state index contributed by atoms with van der Waals surface area (Å²) in [7, 11) is -1.82. The van der Waals surface area contributed by atoms with E-state index in [0.29, 0.717) is 16.5 Å². The highest BCUT2D eigenvalue weighted by atomic mass is 32.1. The van der Waals surface area contributed by atoms with Gasteiger partial charge in [-0.3, -0.25) is 0 Å². The van der Waals surface area contributed by atoms with E-state index in [2.05, 4.69) is 27.7 Å². The zero-order chi connectivity index (χ0) is 19.7. The average Bonchev–Trinajstić information content (AvgIpc) is 2.88. The molecule has 0 amide bonds. The number of aromatic hydroxyl groups is 2. The van der Waals surface area contributed by atoms with E-state index < -0.39 is 12.9 Å². The fraction of sp³-hybridized carbons (Fsp3) is 0.619. The Hall–Kier alpha value is -1.24. The molecule has 4 N–H and O–H groups in total. The zero-order valence-corrected chi connectivity index (χ0v) is 17.4. The third-order valence-electron chi connectivity index (χ3n) is 7.39. The molecule has 1 saturated carbocycles. The van der Waals surface area contributed by atoms with Gasteiger partial charge in [-0.25, -0.2) is 0 Å². The summed E-state index contributed by atoms with van der Waals surface area (Å²) in [6.45, 7) is 9.37. The number of rotatable bonds is 1. The van der Waals surface area contributed by atoms with Gasteiger partial charge in [0.2, 0.25) is 0 Å². The molecule has 1 fully saturated rings. The van der Waals surface area contributed by atoms with Crippen molar-refractivity contribution in [2.45, 2.75) is 71.1 Å². The first kappa shape index (κ1) is 19.1. The molecule has 1 heterocycles. The van der Waals surface area contributed by atoms with E-state index in [1.54, 1.807) is 17.4 Å². The second-order valence-electron chi connectivity index (χ2n) is 9.54. The molecule has 4 nitrogen and oxygen atoms in total. The summed E-state index contributed by atoms with van der Waals surface area (Å²) < 4.78 is 0.697. The van der Waals surface area contributed by atoms with E-state index in [9.17, 15) is 20.3 Å². The SMILES string of the molecule is CC1CC[C@@H]2C(C)(C)CCC[C@@]2(C)c2c1sc1c(B(O)O)c(O)c(O)cc21. The zero-order valence-electron chi connectivity index (χ0n) is 16.5. The van der Waals surface area contributed by atoms with Crippen LogP contribution in [0.15, 0.2) is 6.07 Å². The summed E-state index contributed by atoms with van der Waals surface area (Å²) in [5.74, 6) is 0.216. The van der Waals surface area contributed by atoms with Gasteiger partial charge in [0.25, 0.3) is 0 Å². The van der Waals surface area contributed by atoms with Crippen LogP contribution in [-0.2, 0) is 5.41 Å². The molecule has 1 aromatic heterocycles. The Bertz CT molecular complexity index is 903. The van der Waals surface area contributed by atoms with Crippen LogP contribution in [0.4, 0.5) is 0 Å². The maximum absolute atomic E-state index is 10.3. The second-order valence-corrected chi connectivity index (χ2v) is 10.6. The number of benzene rings is 1. The first-order valence-corrected chi connectivity index (χ1v) is 10.8. The van der Waals surface area contributed by atoms with Gasteiger partial charge in [-0.15, -0.1) is 11.3 Å². The van der Waals surface area contributed by atoms with E-state index in [1.165, 1.54) is 29.7 Å². The Morgan fingerprint density at radius 1 is 1.11 bits per heavy atom. The molecule has 27 heavy (non-hydrogen) atoms. The van der Waals surface area contributed by atoms with Crippen molar-refractivity contribution in [2.24, 2.45) is 11.3 Å². The summed E-state index contributed by atoms with van der Waals surface area (Å²) in [6, 6.07) is 1.63. The Morgan fingerprint density at radius 2 is 1.81 bits per heavy atom. The van der Waals surface area contributed by atoms with Crippen molar-refractivity contribution >= 4 is 34.0 Å². The lowest BCUT2D eigenvalue weighted by Crippen LogP contribution is -2.44. The van der Waals surface area contributed by atoms with E-state index in [1.807, 2.05) is 0 Å². The van der Waals surface area contributed by atoms with Gasteiger partial charge in [0.1, 0.15) is 0 Å². The van der Waals surface area contributed by atoms with Crippen LogP contribution in [0, 0.1) is 11.3 Å². The van der Waals surface area contributed by atoms with Gasteiger partial charge in [-0.05, 0) is 60.0 Å². The first-order valence-electron chi connectivity index (χ1n) is 9.95. The van der Waals surface area contributed by atoms with Gasteiger partial charge in [-0.2, -0.15) is 0 Å². The van der Waals surface area contributed by atoms with Crippen LogP contribution in [0.25, 0.3) is 10.1 Å². The van der Waals surface area contributed by atoms with Crippen molar-refractivity contribution < 1.29 is 20.3 Å². The number of thiophene rings is 1. The lowest BCUT2D eigenvalue weighted by Gasteiger charge is -2.51. The molecule has 2 aliphatic carbocycles. The van der Waals surface area contributed by atoms with Crippen molar-refractivity contribution in [3.63, 3.8) is 0 Å². The number of fused-ring (bicyclic) bond motifs is 5. The van der Waals surface area contributed by atoms with Crippen LogP contribution >= 0.6 is 11.3 Å². The molecule has 2 aromatic rings. The minimum Gasteiger partial charge on any atom is -0.504 e. The van der Waals surface area contributed by atoms with E-state index in [-0.39, 0.29) is 22.0 Å². The number of phenolic OH excluding ortho intramolecular Hbond substituents is 2. The predicted octanol–water partition coefficient (Wildman–Crippen LogP) is 3.97. The van der Waals surface area contributed by atoms with Crippen molar-refractivity contribution in [3.05, 3.63) is 16.5 Å². The summed E-state index contributed by atoms with van der Waals surface area (Å²) in [4.78, 5) is 1.28. The van der Waals surface area contributed by atoms with Crippen LogP contribution in [0.1, 0.15) is 76.2 Å². The molecule has 0 spiro atoms. The quantitative estimate of drug-likeness (QED) is 0.440. The molecule has 0 saturated heterocycles. The standard InChI is InChI=1S/C21H29BO4S/c1-11-6-7-14-20(2,3)8-5-9-21(14,4)15-12-10-13(23)17(24)16(22(25)26)19(12)27-18(11)15/h10-11,14,23-26H,5-9H2,1-4H3/t11?,14-,21-/m1/s1. The molecule has 2 aliphatic rings. The topological polar surface area (TPSA) is 80.9 Å². The number of hydrogen-bond acceptors (Lipinski definition) is 5. The van der Waals surface area contributed by atoms with Gasteiger partial charge in [-0.1, -0.05) is 34.1 Å². The van der Waals surface area contributed by atoms with Crippen LogP contribution in [0.3, 0.4) is 0 Å². The van der Waals surface area contributed by atoms with Crippen LogP contribution in [0.2, 0.25) is 0 Å². The molecule has 6 heteroatoms. The highest BCUT2D eigenvalue weighted by Gasteiger charge is 2.51.